The molecule has 0 aliphatic carbocycles. The van der Waals surface area contributed by atoms with Crippen molar-refractivity contribution in [1.29, 1.82) is 0 Å². The molecule has 3 heteroatoms. The SMILES string of the molecule is CC1CCN(C(CN)c2ccccc2)CC1O. The van der Waals surface area contributed by atoms with Crippen molar-refractivity contribution >= 4 is 0 Å². The van der Waals surface area contributed by atoms with E-state index in [1.807, 2.05) is 18.2 Å². The molecule has 0 aromatic heterocycles. The number of nitrogens with zero attached hydrogens (tertiary/aromatic N) is 1. The summed E-state index contributed by atoms with van der Waals surface area (Å²) in [5.41, 5.74) is 7.14. The van der Waals surface area contributed by atoms with Crippen molar-refractivity contribution in [3.05, 3.63) is 35.9 Å². The van der Waals surface area contributed by atoms with Gasteiger partial charge in [-0.1, -0.05) is 37.3 Å². The van der Waals surface area contributed by atoms with Gasteiger partial charge in [-0.2, -0.15) is 0 Å². The summed E-state index contributed by atoms with van der Waals surface area (Å²) < 4.78 is 0. The first-order valence-electron chi connectivity index (χ1n) is 6.39. The van der Waals surface area contributed by atoms with E-state index < -0.39 is 0 Å². The zero-order valence-corrected chi connectivity index (χ0v) is 10.4. The van der Waals surface area contributed by atoms with E-state index in [0.29, 0.717) is 12.5 Å². The lowest BCUT2D eigenvalue weighted by Gasteiger charge is -2.39. The highest BCUT2D eigenvalue weighted by molar-refractivity contribution is 5.19. The molecule has 3 unspecified atom stereocenters. The molecule has 0 radical (unpaired) electrons. The highest BCUT2D eigenvalue weighted by Gasteiger charge is 2.28. The Hall–Kier alpha value is -0.900. The Kier molecular flexibility index (Phi) is 4.15. The zero-order valence-electron chi connectivity index (χ0n) is 10.4. The third-order valence-corrected chi connectivity index (χ3v) is 3.80. The number of hydrogen-bond donors (Lipinski definition) is 2. The topological polar surface area (TPSA) is 49.5 Å². The van der Waals surface area contributed by atoms with Crippen LogP contribution in [0, 0.1) is 5.92 Å². The average Bonchev–Trinajstić information content (AvgIpc) is 2.36. The monoisotopic (exact) mass is 234 g/mol. The van der Waals surface area contributed by atoms with Crippen molar-refractivity contribution in [2.75, 3.05) is 19.6 Å². The fourth-order valence-corrected chi connectivity index (χ4v) is 2.53. The van der Waals surface area contributed by atoms with Crippen LogP contribution in [0.15, 0.2) is 30.3 Å². The predicted molar refractivity (Wildman–Crippen MR) is 69.6 cm³/mol. The van der Waals surface area contributed by atoms with Crippen molar-refractivity contribution in [2.24, 2.45) is 11.7 Å². The van der Waals surface area contributed by atoms with Crippen LogP contribution < -0.4 is 5.73 Å². The maximum absolute atomic E-state index is 9.96. The molecule has 0 bridgehead atoms. The minimum absolute atomic E-state index is 0.221. The van der Waals surface area contributed by atoms with Gasteiger partial charge in [-0.25, -0.2) is 0 Å². The summed E-state index contributed by atoms with van der Waals surface area (Å²) in [4.78, 5) is 2.31. The number of nitrogens with two attached hydrogens (primary N) is 1. The summed E-state index contributed by atoms with van der Waals surface area (Å²) in [6, 6.07) is 10.6. The number of aliphatic hydroxyl groups excluding tert-OH is 1. The first-order chi connectivity index (χ1) is 8.22. The standard InChI is InChI=1S/C14H22N2O/c1-11-7-8-16(10-14(11)17)13(9-15)12-5-3-2-4-6-12/h2-6,11,13-14,17H,7-10,15H2,1H3. The molecule has 1 aliphatic rings. The molecular formula is C14H22N2O. The van der Waals surface area contributed by atoms with Gasteiger partial charge in [0.25, 0.3) is 0 Å². The quantitative estimate of drug-likeness (QED) is 0.831. The number of benzene rings is 1. The van der Waals surface area contributed by atoms with Gasteiger partial charge >= 0.3 is 0 Å². The Morgan fingerprint density at radius 3 is 2.71 bits per heavy atom. The molecule has 2 rings (SSSR count). The summed E-state index contributed by atoms with van der Waals surface area (Å²) in [5.74, 6) is 0.403. The van der Waals surface area contributed by atoms with Crippen molar-refractivity contribution < 1.29 is 5.11 Å². The Morgan fingerprint density at radius 2 is 2.12 bits per heavy atom. The van der Waals surface area contributed by atoms with Gasteiger partial charge in [0.15, 0.2) is 0 Å². The van der Waals surface area contributed by atoms with Gasteiger partial charge in [0.1, 0.15) is 0 Å². The minimum atomic E-state index is -0.221. The lowest BCUT2D eigenvalue weighted by atomic mass is 9.93. The van der Waals surface area contributed by atoms with Gasteiger partial charge in [0.2, 0.25) is 0 Å². The number of rotatable bonds is 3. The maximum atomic E-state index is 9.96. The average molecular weight is 234 g/mol. The lowest BCUT2D eigenvalue weighted by molar-refractivity contribution is 0.0111. The molecular weight excluding hydrogens is 212 g/mol. The van der Waals surface area contributed by atoms with Crippen molar-refractivity contribution in [1.82, 2.24) is 4.90 Å². The Morgan fingerprint density at radius 1 is 1.41 bits per heavy atom. The highest BCUT2D eigenvalue weighted by atomic mass is 16.3. The molecule has 1 heterocycles. The molecule has 1 aromatic rings. The van der Waals surface area contributed by atoms with Gasteiger partial charge < -0.3 is 10.8 Å². The summed E-state index contributed by atoms with van der Waals surface area (Å²) in [6.45, 7) is 4.47. The zero-order chi connectivity index (χ0) is 12.3. The summed E-state index contributed by atoms with van der Waals surface area (Å²) in [7, 11) is 0. The van der Waals surface area contributed by atoms with Crippen LogP contribution in [0.2, 0.25) is 0 Å². The maximum Gasteiger partial charge on any atom is 0.0693 e. The van der Waals surface area contributed by atoms with Crippen molar-refractivity contribution in [3.63, 3.8) is 0 Å². The molecule has 1 aliphatic heterocycles. The van der Waals surface area contributed by atoms with Gasteiger partial charge in [-0.05, 0) is 24.4 Å². The molecule has 1 saturated heterocycles. The molecule has 3 atom stereocenters. The summed E-state index contributed by atoms with van der Waals surface area (Å²) >= 11 is 0. The Bertz CT molecular complexity index is 341. The normalized spacial score (nSPS) is 27.9. The molecule has 3 N–H and O–H groups in total. The first-order valence-corrected chi connectivity index (χ1v) is 6.39. The second-order valence-corrected chi connectivity index (χ2v) is 4.99. The van der Waals surface area contributed by atoms with E-state index in [9.17, 15) is 5.11 Å². The molecule has 0 saturated carbocycles. The van der Waals surface area contributed by atoms with Gasteiger partial charge in [0.05, 0.1) is 6.10 Å². The predicted octanol–water partition coefficient (Wildman–Crippen LogP) is 1.39. The Labute approximate surface area is 103 Å². The van der Waals surface area contributed by atoms with Crippen LogP contribution >= 0.6 is 0 Å². The van der Waals surface area contributed by atoms with E-state index in [1.165, 1.54) is 5.56 Å². The van der Waals surface area contributed by atoms with E-state index in [0.717, 1.165) is 19.5 Å². The summed E-state index contributed by atoms with van der Waals surface area (Å²) in [5, 5.41) is 9.96. The first kappa shape index (κ1) is 12.6. The number of hydrogen-bond acceptors (Lipinski definition) is 3. The smallest absolute Gasteiger partial charge is 0.0693 e. The second-order valence-electron chi connectivity index (χ2n) is 4.99. The minimum Gasteiger partial charge on any atom is -0.392 e. The molecule has 1 fully saturated rings. The van der Waals surface area contributed by atoms with Crippen LogP contribution in [0.1, 0.15) is 24.9 Å². The fraction of sp³-hybridized carbons (Fsp3) is 0.571. The van der Waals surface area contributed by atoms with Crippen LogP contribution in [0.25, 0.3) is 0 Å². The number of aliphatic hydroxyl groups is 1. The third-order valence-electron chi connectivity index (χ3n) is 3.80. The largest absolute Gasteiger partial charge is 0.392 e. The molecule has 0 spiro atoms. The third kappa shape index (κ3) is 2.86. The van der Waals surface area contributed by atoms with E-state index in [4.69, 9.17) is 5.73 Å². The molecule has 1 aromatic carbocycles. The van der Waals surface area contributed by atoms with E-state index >= 15 is 0 Å². The summed E-state index contributed by atoms with van der Waals surface area (Å²) in [6.07, 6.45) is 0.825. The molecule has 3 nitrogen and oxygen atoms in total. The lowest BCUT2D eigenvalue weighted by Crippen LogP contribution is -2.46. The second kappa shape index (κ2) is 5.63. The van der Waals surface area contributed by atoms with Crippen LogP contribution in [0.4, 0.5) is 0 Å². The number of piperidine rings is 1. The van der Waals surface area contributed by atoms with Gasteiger partial charge in [-0.3, -0.25) is 4.90 Å². The highest BCUT2D eigenvalue weighted by Crippen LogP contribution is 2.26. The van der Waals surface area contributed by atoms with E-state index in [1.54, 1.807) is 0 Å². The van der Waals surface area contributed by atoms with Crippen LogP contribution in [0.3, 0.4) is 0 Å². The van der Waals surface area contributed by atoms with Gasteiger partial charge in [0, 0.05) is 19.1 Å². The Balaban J connectivity index is 2.09. The van der Waals surface area contributed by atoms with Crippen LogP contribution in [0.5, 0.6) is 0 Å². The number of likely N-dealkylation sites (tertiary alicyclic amines) is 1. The van der Waals surface area contributed by atoms with Gasteiger partial charge in [-0.15, -0.1) is 0 Å². The molecule has 94 valence electrons. The van der Waals surface area contributed by atoms with E-state index in [2.05, 4.69) is 24.0 Å². The molecule has 17 heavy (non-hydrogen) atoms. The molecule has 0 amide bonds. The van der Waals surface area contributed by atoms with Crippen molar-refractivity contribution in [3.8, 4) is 0 Å². The van der Waals surface area contributed by atoms with E-state index in [-0.39, 0.29) is 12.1 Å². The number of β-amino-alcohol motifs (C(OH)–C–C–N with tert-alkyl or cyclic N) is 1. The van der Waals surface area contributed by atoms with Crippen LogP contribution in [-0.4, -0.2) is 35.7 Å². The fourth-order valence-electron chi connectivity index (χ4n) is 2.53. The van der Waals surface area contributed by atoms with Crippen LogP contribution in [-0.2, 0) is 0 Å². The van der Waals surface area contributed by atoms with Crippen molar-refractivity contribution in [2.45, 2.75) is 25.5 Å².